The molecule has 1 saturated heterocycles. The van der Waals surface area contributed by atoms with E-state index in [-0.39, 0.29) is 11.6 Å². The minimum absolute atomic E-state index is 0.244. The van der Waals surface area contributed by atoms with Gasteiger partial charge in [-0.2, -0.15) is 0 Å². The lowest BCUT2D eigenvalue weighted by Crippen LogP contribution is -2.30. The maximum absolute atomic E-state index is 12.3. The Bertz CT molecular complexity index is 1150. The van der Waals surface area contributed by atoms with E-state index >= 15 is 0 Å². The number of methoxy groups -OCH3 is 1. The normalized spacial score (nSPS) is 15.0. The highest BCUT2D eigenvalue weighted by molar-refractivity contribution is 6.13. The molecule has 0 radical (unpaired) electrons. The number of nitrogens with zero attached hydrogens (tertiary/aromatic N) is 1. The molecule has 3 aromatic rings. The second-order valence-electron chi connectivity index (χ2n) is 6.87. The monoisotopic (exact) mass is 402 g/mol. The van der Waals surface area contributed by atoms with Crippen molar-refractivity contribution in [2.24, 2.45) is 0 Å². The van der Waals surface area contributed by atoms with E-state index in [2.05, 4.69) is 23.5 Å². The first-order chi connectivity index (χ1) is 14.6. The molecule has 0 spiro atoms. The van der Waals surface area contributed by atoms with Gasteiger partial charge in [0.05, 0.1) is 7.11 Å². The molecule has 4 rings (SSSR count). The van der Waals surface area contributed by atoms with Crippen molar-refractivity contribution in [1.29, 1.82) is 0 Å². The first kappa shape index (κ1) is 19.5. The van der Waals surface area contributed by atoms with Crippen LogP contribution in [0.5, 0.6) is 11.5 Å². The quantitative estimate of drug-likeness (QED) is 0.492. The molecule has 6 nitrogen and oxygen atoms in total. The second-order valence-corrected chi connectivity index (χ2v) is 6.87. The first-order valence-corrected chi connectivity index (χ1v) is 9.72. The van der Waals surface area contributed by atoms with Gasteiger partial charge in [0.25, 0.3) is 5.91 Å². The Kier molecular flexibility index (Phi) is 5.39. The van der Waals surface area contributed by atoms with Crippen molar-refractivity contribution in [3.05, 3.63) is 77.5 Å². The zero-order valence-electron chi connectivity index (χ0n) is 16.8. The average Bonchev–Trinajstić information content (AvgIpc) is 3.04. The van der Waals surface area contributed by atoms with Crippen LogP contribution < -0.4 is 14.8 Å². The summed E-state index contributed by atoms with van der Waals surface area (Å²) in [5.41, 5.74) is 2.06. The predicted octanol–water partition coefficient (Wildman–Crippen LogP) is 4.34. The number of nitrogens with one attached hydrogen (secondary N) is 1. The summed E-state index contributed by atoms with van der Waals surface area (Å²) in [5.74, 6) is 0.816. The van der Waals surface area contributed by atoms with Gasteiger partial charge in [0, 0.05) is 6.54 Å². The molecule has 3 amide bonds. The molecule has 0 aliphatic carbocycles. The van der Waals surface area contributed by atoms with Crippen molar-refractivity contribution in [3.63, 3.8) is 0 Å². The predicted molar refractivity (Wildman–Crippen MR) is 115 cm³/mol. The van der Waals surface area contributed by atoms with Crippen LogP contribution in [0.15, 0.2) is 66.4 Å². The number of carbonyl (C=O) groups is 2. The number of benzene rings is 3. The summed E-state index contributed by atoms with van der Waals surface area (Å²) < 4.78 is 11.5. The summed E-state index contributed by atoms with van der Waals surface area (Å²) in [7, 11) is 1.57. The van der Waals surface area contributed by atoms with E-state index < -0.39 is 6.03 Å². The third-order valence-electron chi connectivity index (χ3n) is 5.04. The number of fused-ring (bicyclic) bond motifs is 1. The van der Waals surface area contributed by atoms with Gasteiger partial charge in [0.1, 0.15) is 12.3 Å². The molecule has 3 aromatic carbocycles. The lowest BCUT2D eigenvalue weighted by Gasteiger charge is -2.13. The maximum atomic E-state index is 12.3. The van der Waals surface area contributed by atoms with Gasteiger partial charge in [-0.05, 0) is 47.0 Å². The van der Waals surface area contributed by atoms with Crippen molar-refractivity contribution in [2.45, 2.75) is 13.5 Å². The van der Waals surface area contributed by atoms with Gasteiger partial charge >= 0.3 is 6.03 Å². The van der Waals surface area contributed by atoms with E-state index in [1.165, 1.54) is 0 Å². The standard InChI is InChI=1S/C24H22N2O4/c1-3-26-23(27)20(25-24(26)28)13-16-11-12-21(22(14-16)29-2)30-15-18-9-6-8-17-7-4-5-10-19(17)18/h4-14H,3,15H2,1-2H3,(H,25,28)/b20-13+. The van der Waals surface area contributed by atoms with E-state index in [1.54, 1.807) is 32.2 Å². The van der Waals surface area contributed by atoms with E-state index in [4.69, 9.17) is 9.47 Å². The summed E-state index contributed by atoms with van der Waals surface area (Å²) >= 11 is 0. The molecule has 0 saturated carbocycles. The highest BCUT2D eigenvalue weighted by Gasteiger charge is 2.32. The zero-order chi connectivity index (χ0) is 21.1. The molecule has 0 unspecified atom stereocenters. The molecular weight excluding hydrogens is 380 g/mol. The van der Waals surface area contributed by atoms with Gasteiger partial charge in [-0.15, -0.1) is 0 Å². The molecule has 1 aliphatic rings. The zero-order valence-corrected chi connectivity index (χ0v) is 16.8. The first-order valence-electron chi connectivity index (χ1n) is 9.72. The van der Waals surface area contributed by atoms with Crippen LogP contribution >= 0.6 is 0 Å². The molecule has 1 fully saturated rings. The van der Waals surface area contributed by atoms with Crippen LogP contribution in [0.4, 0.5) is 4.79 Å². The summed E-state index contributed by atoms with van der Waals surface area (Å²) in [6.07, 6.45) is 1.63. The molecule has 0 bridgehead atoms. The van der Waals surface area contributed by atoms with Crippen molar-refractivity contribution in [3.8, 4) is 11.5 Å². The number of ether oxygens (including phenoxy) is 2. The van der Waals surface area contributed by atoms with Crippen LogP contribution in [0.3, 0.4) is 0 Å². The molecule has 6 heteroatoms. The Labute approximate surface area is 174 Å². The summed E-state index contributed by atoms with van der Waals surface area (Å²) in [4.78, 5) is 25.2. The van der Waals surface area contributed by atoms with Gasteiger partial charge in [-0.25, -0.2) is 4.79 Å². The topological polar surface area (TPSA) is 67.9 Å². The fraction of sp³-hybridized carbons (Fsp3) is 0.167. The molecule has 1 N–H and O–H groups in total. The number of carbonyl (C=O) groups excluding carboxylic acids is 2. The van der Waals surface area contributed by atoms with Crippen LogP contribution in [0.25, 0.3) is 16.8 Å². The summed E-state index contributed by atoms with van der Waals surface area (Å²) in [5, 5.41) is 4.91. The second kappa shape index (κ2) is 8.29. The number of urea groups is 1. The highest BCUT2D eigenvalue weighted by atomic mass is 16.5. The van der Waals surface area contributed by atoms with Crippen molar-refractivity contribution >= 4 is 28.8 Å². The molecule has 152 valence electrons. The number of likely N-dealkylation sites (N-methyl/N-ethyl adjacent to an activating group) is 1. The van der Waals surface area contributed by atoms with Gasteiger partial charge in [-0.3, -0.25) is 9.69 Å². The van der Waals surface area contributed by atoms with Gasteiger partial charge in [0.2, 0.25) is 0 Å². The van der Waals surface area contributed by atoms with E-state index in [0.29, 0.717) is 24.7 Å². The largest absolute Gasteiger partial charge is 0.493 e. The molecule has 0 aromatic heterocycles. The van der Waals surface area contributed by atoms with Crippen LogP contribution in [0.2, 0.25) is 0 Å². The van der Waals surface area contributed by atoms with Crippen LogP contribution in [0.1, 0.15) is 18.1 Å². The van der Waals surface area contributed by atoms with Gasteiger partial charge in [0.15, 0.2) is 11.5 Å². The number of imide groups is 1. The Morgan fingerprint density at radius 1 is 1.00 bits per heavy atom. The highest BCUT2D eigenvalue weighted by Crippen LogP contribution is 2.31. The smallest absolute Gasteiger partial charge is 0.328 e. The fourth-order valence-electron chi connectivity index (χ4n) is 3.49. The van der Waals surface area contributed by atoms with Crippen molar-refractivity contribution in [2.75, 3.05) is 13.7 Å². The van der Waals surface area contributed by atoms with Gasteiger partial charge < -0.3 is 14.8 Å². The van der Waals surface area contributed by atoms with E-state index in [0.717, 1.165) is 26.8 Å². The maximum Gasteiger partial charge on any atom is 0.328 e. The Hall–Kier alpha value is -3.80. The number of amides is 3. The third-order valence-corrected chi connectivity index (χ3v) is 5.04. The Morgan fingerprint density at radius 2 is 1.80 bits per heavy atom. The Balaban J connectivity index is 1.55. The SMILES string of the molecule is CCN1C(=O)N/C(=C/c2ccc(OCc3cccc4ccccc34)c(OC)c2)C1=O. The molecule has 1 heterocycles. The minimum atomic E-state index is -0.407. The van der Waals surface area contributed by atoms with Crippen LogP contribution in [-0.4, -0.2) is 30.5 Å². The molecule has 30 heavy (non-hydrogen) atoms. The molecular formula is C24H22N2O4. The van der Waals surface area contributed by atoms with Crippen LogP contribution in [-0.2, 0) is 11.4 Å². The minimum Gasteiger partial charge on any atom is -0.493 e. The van der Waals surface area contributed by atoms with E-state index in [1.807, 2.05) is 30.3 Å². The van der Waals surface area contributed by atoms with Crippen molar-refractivity contribution in [1.82, 2.24) is 10.2 Å². The van der Waals surface area contributed by atoms with Crippen LogP contribution in [0, 0.1) is 0 Å². The van der Waals surface area contributed by atoms with Gasteiger partial charge in [-0.1, -0.05) is 48.5 Å². The van der Waals surface area contributed by atoms with Crippen molar-refractivity contribution < 1.29 is 19.1 Å². The lowest BCUT2D eigenvalue weighted by molar-refractivity contribution is -0.122. The fourth-order valence-corrected chi connectivity index (χ4v) is 3.49. The summed E-state index contributed by atoms with van der Waals surface area (Å²) in [6, 6.07) is 19.3. The number of hydrogen-bond donors (Lipinski definition) is 1. The van der Waals surface area contributed by atoms with E-state index in [9.17, 15) is 9.59 Å². The lowest BCUT2D eigenvalue weighted by atomic mass is 10.1. The Morgan fingerprint density at radius 3 is 2.57 bits per heavy atom. The molecule has 0 atom stereocenters. The molecule has 1 aliphatic heterocycles. The number of hydrogen-bond acceptors (Lipinski definition) is 4. The third kappa shape index (κ3) is 3.72. The number of rotatable bonds is 6. The summed E-state index contributed by atoms with van der Waals surface area (Å²) in [6.45, 7) is 2.48. The average molecular weight is 402 g/mol.